The van der Waals surface area contributed by atoms with Gasteiger partial charge >= 0.3 is 0 Å². The average molecular weight is 447 g/mol. The van der Waals surface area contributed by atoms with Crippen LogP contribution in [0.4, 0.5) is 4.39 Å². The smallest absolute Gasteiger partial charge is 0.249 e. The van der Waals surface area contributed by atoms with E-state index in [0.29, 0.717) is 24.5 Å². The number of rotatable bonds is 4. The minimum absolute atomic E-state index is 0.0194. The molecule has 170 valence electrons. The van der Waals surface area contributed by atoms with E-state index in [1.165, 1.54) is 22.8 Å². The van der Waals surface area contributed by atoms with Gasteiger partial charge in [-0.15, -0.1) is 0 Å². The summed E-state index contributed by atoms with van der Waals surface area (Å²) in [6, 6.07) is 10.1. The molecule has 0 spiro atoms. The maximum Gasteiger partial charge on any atom is 0.249 e. The molecule has 2 aliphatic rings. The molecule has 7 heteroatoms. The zero-order chi connectivity index (χ0) is 22.9. The van der Waals surface area contributed by atoms with Crippen LogP contribution in [0.15, 0.2) is 42.7 Å². The number of nitriles is 1. The number of hydrogen-bond donors (Lipinski definition) is 0. The first kappa shape index (κ1) is 21.6. The third-order valence-electron chi connectivity index (χ3n) is 6.91. The average Bonchev–Trinajstić information content (AvgIpc) is 3.44. The van der Waals surface area contributed by atoms with Crippen molar-refractivity contribution in [2.75, 3.05) is 6.61 Å². The molecule has 6 nitrogen and oxygen atoms in total. The largest absolute Gasteiger partial charge is 0.307 e. The van der Waals surface area contributed by atoms with Gasteiger partial charge in [-0.3, -0.25) is 9.63 Å². The molecule has 0 bridgehead atoms. The molecular formula is C26H27FN4O2. The highest BCUT2D eigenvalue weighted by atomic mass is 19.1. The molecule has 1 saturated heterocycles. The van der Waals surface area contributed by atoms with Crippen LogP contribution >= 0.6 is 0 Å². The van der Waals surface area contributed by atoms with Crippen LogP contribution in [0.3, 0.4) is 0 Å². The van der Waals surface area contributed by atoms with E-state index in [0.717, 1.165) is 43.4 Å². The van der Waals surface area contributed by atoms with Crippen molar-refractivity contribution in [1.29, 1.82) is 5.26 Å². The van der Waals surface area contributed by atoms with Gasteiger partial charge in [0.05, 0.1) is 30.0 Å². The fourth-order valence-electron chi connectivity index (χ4n) is 5.27. The maximum absolute atomic E-state index is 14.0. The Balaban J connectivity index is 1.21. The van der Waals surface area contributed by atoms with Gasteiger partial charge in [-0.05, 0) is 80.3 Å². The standard InChI is InChI=1S/C26H27FN4O2/c1-17-15-30-16-19(4-7-25(30)29-17)10-18-2-5-21(6-3-18)26(32)31-24(8-9-33-31)22-11-20(14-28)12-23(27)13-22/h4,7,11-13,15-16,18,21,24H,2-3,5-6,8-10H2,1H3/t18-,21-,24-/m0/s1. The third-order valence-corrected chi connectivity index (χ3v) is 6.91. The summed E-state index contributed by atoms with van der Waals surface area (Å²) in [6.07, 6.45) is 9.44. The first-order valence-electron chi connectivity index (χ1n) is 11.6. The van der Waals surface area contributed by atoms with E-state index in [1.807, 2.05) is 19.2 Å². The number of nitrogens with zero attached hydrogens (tertiary/aromatic N) is 4. The number of aryl methyl sites for hydroxylation is 1. The van der Waals surface area contributed by atoms with Crippen LogP contribution in [0.25, 0.3) is 5.65 Å². The minimum atomic E-state index is -0.465. The number of aromatic nitrogens is 2. The van der Waals surface area contributed by atoms with Crippen LogP contribution in [-0.4, -0.2) is 27.0 Å². The minimum Gasteiger partial charge on any atom is -0.307 e. The van der Waals surface area contributed by atoms with Gasteiger partial charge in [0.15, 0.2) is 0 Å². The van der Waals surface area contributed by atoms with Crippen LogP contribution in [0.5, 0.6) is 0 Å². The Labute approximate surface area is 192 Å². The number of amides is 1. The Bertz CT molecular complexity index is 1220. The van der Waals surface area contributed by atoms with Crippen molar-refractivity contribution < 1.29 is 14.0 Å². The number of pyridine rings is 1. The number of carbonyl (C=O) groups is 1. The lowest BCUT2D eigenvalue weighted by atomic mass is 9.79. The topological polar surface area (TPSA) is 70.6 Å². The van der Waals surface area contributed by atoms with Crippen LogP contribution in [-0.2, 0) is 16.1 Å². The summed E-state index contributed by atoms with van der Waals surface area (Å²) in [4.78, 5) is 23.4. The van der Waals surface area contributed by atoms with Gasteiger partial charge < -0.3 is 4.40 Å². The van der Waals surface area contributed by atoms with E-state index in [1.54, 1.807) is 6.07 Å². The predicted octanol–water partition coefficient (Wildman–Crippen LogP) is 4.91. The fourth-order valence-corrected chi connectivity index (χ4v) is 5.27. The Morgan fingerprint density at radius 1 is 1.18 bits per heavy atom. The highest BCUT2D eigenvalue weighted by molar-refractivity contribution is 5.78. The van der Waals surface area contributed by atoms with E-state index in [2.05, 4.69) is 27.7 Å². The summed E-state index contributed by atoms with van der Waals surface area (Å²) < 4.78 is 16.0. The third kappa shape index (κ3) is 4.49. The molecular weight excluding hydrogens is 419 g/mol. The summed E-state index contributed by atoms with van der Waals surface area (Å²) in [5, 5.41) is 10.6. The van der Waals surface area contributed by atoms with E-state index >= 15 is 0 Å². The second kappa shape index (κ2) is 8.95. The van der Waals surface area contributed by atoms with Gasteiger partial charge in [-0.1, -0.05) is 6.07 Å². The predicted molar refractivity (Wildman–Crippen MR) is 120 cm³/mol. The van der Waals surface area contributed by atoms with Crippen LogP contribution in [0.2, 0.25) is 0 Å². The molecule has 1 aliphatic heterocycles. The molecule has 0 N–H and O–H groups in total. The van der Waals surface area contributed by atoms with Crippen molar-refractivity contribution in [2.24, 2.45) is 11.8 Å². The lowest BCUT2D eigenvalue weighted by molar-refractivity contribution is -0.183. The summed E-state index contributed by atoms with van der Waals surface area (Å²) in [7, 11) is 0. The van der Waals surface area contributed by atoms with Gasteiger partial charge in [0, 0.05) is 24.7 Å². The van der Waals surface area contributed by atoms with Crippen molar-refractivity contribution >= 4 is 11.6 Å². The molecule has 1 atom stereocenters. The first-order chi connectivity index (χ1) is 16.0. The van der Waals surface area contributed by atoms with Crippen molar-refractivity contribution in [3.05, 3.63) is 70.9 Å². The van der Waals surface area contributed by atoms with Crippen molar-refractivity contribution in [3.63, 3.8) is 0 Å². The molecule has 2 fully saturated rings. The Morgan fingerprint density at radius 2 is 2.00 bits per heavy atom. The van der Waals surface area contributed by atoms with Crippen molar-refractivity contribution in [1.82, 2.24) is 14.4 Å². The number of hydrogen-bond acceptors (Lipinski definition) is 4. The summed E-state index contributed by atoms with van der Waals surface area (Å²) in [5.41, 5.74) is 4.14. The second-order valence-electron chi connectivity index (χ2n) is 9.29. The van der Waals surface area contributed by atoms with E-state index in [9.17, 15) is 9.18 Å². The molecule has 0 radical (unpaired) electrons. The lowest BCUT2D eigenvalue weighted by Crippen LogP contribution is -2.36. The SMILES string of the molecule is Cc1cn2cc(C[C@H]3CC[C@H](C(=O)N4OCC[C@H]4c4cc(F)cc(C#N)c4)CC3)ccc2n1. The van der Waals surface area contributed by atoms with E-state index < -0.39 is 5.82 Å². The number of benzene rings is 1. The summed E-state index contributed by atoms with van der Waals surface area (Å²) in [5.74, 6) is -0.0145. The first-order valence-corrected chi connectivity index (χ1v) is 11.6. The zero-order valence-corrected chi connectivity index (χ0v) is 18.7. The lowest BCUT2D eigenvalue weighted by Gasteiger charge is -2.32. The molecule has 33 heavy (non-hydrogen) atoms. The molecule has 1 aromatic carbocycles. The molecule has 1 saturated carbocycles. The Hall–Kier alpha value is -3.24. The highest BCUT2D eigenvalue weighted by Crippen LogP contribution is 2.37. The summed E-state index contributed by atoms with van der Waals surface area (Å²) >= 11 is 0. The highest BCUT2D eigenvalue weighted by Gasteiger charge is 2.37. The normalized spacial score (nSPS) is 23.1. The van der Waals surface area contributed by atoms with Gasteiger partial charge in [-0.25, -0.2) is 14.4 Å². The molecule has 2 aromatic heterocycles. The van der Waals surface area contributed by atoms with Gasteiger partial charge in [0.2, 0.25) is 5.91 Å². The molecule has 5 rings (SSSR count). The zero-order valence-electron chi connectivity index (χ0n) is 18.7. The van der Waals surface area contributed by atoms with Crippen molar-refractivity contribution in [2.45, 2.75) is 51.5 Å². The second-order valence-corrected chi connectivity index (χ2v) is 9.29. The van der Waals surface area contributed by atoms with Crippen LogP contribution in [0, 0.1) is 35.9 Å². The van der Waals surface area contributed by atoms with Crippen molar-refractivity contribution in [3.8, 4) is 6.07 Å². The van der Waals surface area contributed by atoms with Gasteiger partial charge in [-0.2, -0.15) is 5.26 Å². The number of halogens is 1. The molecule has 1 aliphatic carbocycles. The molecule has 0 unspecified atom stereocenters. The summed E-state index contributed by atoms with van der Waals surface area (Å²) in [6.45, 7) is 2.41. The maximum atomic E-state index is 14.0. The monoisotopic (exact) mass is 446 g/mol. The number of hydroxylamine groups is 2. The van der Waals surface area contributed by atoms with Crippen LogP contribution in [0.1, 0.15) is 60.5 Å². The molecule has 3 heterocycles. The van der Waals surface area contributed by atoms with Gasteiger partial charge in [0.1, 0.15) is 11.5 Å². The molecule has 3 aromatic rings. The quantitative estimate of drug-likeness (QED) is 0.571. The van der Waals surface area contributed by atoms with Gasteiger partial charge in [0.25, 0.3) is 0 Å². The Morgan fingerprint density at radius 3 is 2.79 bits per heavy atom. The van der Waals surface area contributed by atoms with E-state index in [4.69, 9.17) is 10.1 Å². The number of imidazole rings is 1. The fraction of sp³-hybridized carbons (Fsp3) is 0.423. The number of carbonyl (C=O) groups excluding carboxylic acids is 1. The Kier molecular flexibility index (Phi) is 5.86. The van der Waals surface area contributed by atoms with Crippen LogP contribution < -0.4 is 0 Å². The number of fused-ring (bicyclic) bond motifs is 1. The molecule has 1 amide bonds. The van der Waals surface area contributed by atoms with E-state index in [-0.39, 0.29) is 23.4 Å².